The lowest BCUT2D eigenvalue weighted by Gasteiger charge is -2.36. The molecule has 1 unspecified atom stereocenters. The van der Waals surface area contributed by atoms with Crippen molar-refractivity contribution in [2.24, 2.45) is 0 Å². The summed E-state index contributed by atoms with van der Waals surface area (Å²) in [5.74, 6) is 0.107. The number of aromatic nitrogens is 1. The predicted octanol–water partition coefficient (Wildman–Crippen LogP) is 4.90. The number of hydrogen-bond acceptors (Lipinski definition) is 7. The van der Waals surface area contributed by atoms with Crippen molar-refractivity contribution < 1.29 is 17.9 Å². The minimum absolute atomic E-state index is 0.00928. The van der Waals surface area contributed by atoms with Crippen LogP contribution in [0, 0.1) is 0 Å². The van der Waals surface area contributed by atoms with Gasteiger partial charge < -0.3 is 15.0 Å². The number of benzene rings is 2. The molecule has 0 spiro atoms. The second kappa shape index (κ2) is 13.9. The number of allylic oxidation sites excluding steroid dienone is 2. The fourth-order valence-electron chi connectivity index (χ4n) is 4.99. The summed E-state index contributed by atoms with van der Waals surface area (Å²) in [6, 6.07) is 14.6. The van der Waals surface area contributed by atoms with E-state index in [1.54, 1.807) is 30.4 Å². The molecule has 0 saturated carbocycles. The molecule has 1 amide bonds. The lowest BCUT2D eigenvalue weighted by molar-refractivity contribution is 0.0951. The normalized spacial score (nSPS) is 18.9. The number of carbonyl (C=O) groups excluding carboxylic acids is 1. The van der Waals surface area contributed by atoms with E-state index in [0.29, 0.717) is 27.9 Å². The van der Waals surface area contributed by atoms with E-state index in [4.69, 9.17) is 27.9 Å². The topological polar surface area (TPSA) is 104 Å². The highest BCUT2D eigenvalue weighted by atomic mass is 35.5. The van der Waals surface area contributed by atoms with E-state index in [9.17, 15) is 13.2 Å². The van der Waals surface area contributed by atoms with Gasteiger partial charge in [0.2, 0.25) is 10.0 Å². The Bertz CT molecular complexity index is 1580. The molecule has 1 aliphatic carbocycles. The van der Waals surface area contributed by atoms with Gasteiger partial charge in [-0.2, -0.15) is 4.72 Å². The number of halogens is 2. The third-order valence-electron chi connectivity index (χ3n) is 7.30. The van der Waals surface area contributed by atoms with E-state index in [-0.39, 0.29) is 17.2 Å². The van der Waals surface area contributed by atoms with Crippen LogP contribution < -0.4 is 19.7 Å². The minimum atomic E-state index is -4.02. The Morgan fingerprint density at radius 1 is 0.953 bits per heavy atom. The molecule has 2 aliphatic rings. The summed E-state index contributed by atoms with van der Waals surface area (Å²) in [5.41, 5.74) is 0.203. The zero-order chi connectivity index (χ0) is 30.3. The number of sulfonamides is 1. The number of pyridine rings is 1. The molecule has 2 heterocycles. The van der Waals surface area contributed by atoms with Crippen molar-refractivity contribution in [1.82, 2.24) is 19.9 Å². The molecule has 2 N–H and O–H groups in total. The average molecular weight is 643 g/mol. The number of carbonyl (C=O) groups is 1. The fourth-order valence-corrected chi connectivity index (χ4v) is 6.53. The van der Waals surface area contributed by atoms with Gasteiger partial charge >= 0.3 is 0 Å². The summed E-state index contributed by atoms with van der Waals surface area (Å²) in [5, 5.41) is 3.59. The molecular formula is C31H33Cl2N5O4S. The smallest absolute Gasteiger partial charge is 0.251 e. The van der Waals surface area contributed by atoms with Crippen LogP contribution in [0.15, 0.2) is 96.2 Å². The van der Waals surface area contributed by atoms with Crippen LogP contribution in [0.25, 0.3) is 0 Å². The third-order valence-corrected chi connectivity index (χ3v) is 9.54. The maximum Gasteiger partial charge on any atom is 0.251 e. The van der Waals surface area contributed by atoms with Crippen molar-refractivity contribution in [1.29, 1.82) is 0 Å². The van der Waals surface area contributed by atoms with Crippen LogP contribution in [0.4, 0.5) is 5.69 Å². The molecule has 5 rings (SSSR count). The molecule has 12 heteroatoms. The molecule has 0 bridgehead atoms. The number of nitrogens with zero attached hydrogens (tertiary/aromatic N) is 3. The Morgan fingerprint density at radius 2 is 1.70 bits per heavy atom. The zero-order valence-corrected chi connectivity index (χ0v) is 25.8. The highest BCUT2D eigenvalue weighted by Gasteiger charge is 2.35. The molecule has 1 fully saturated rings. The molecular weight excluding hydrogens is 609 g/mol. The van der Waals surface area contributed by atoms with Crippen LogP contribution in [0.1, 0.15) is 23.2 Å². The molecule has 2 aromatic carbocycles. The lowest BCUT2D eigenvalue weighted by atomic mass is 10.1. The first-order valence-corrected chi connectivity index (χ1v) is 16.2. The second-order valence-electron chi connectivity index (χ2n) is 10.3. The Morgan fingerprint density at radius 3 is 2.37 bits per heavy atom. The van der Waals surface area contributed by atoms with Crippen LogP contribution in [0.3, 0.4) is 0 Å². The average Bonchev–Trinajstić information content (AvgIpc) is 3.02. The number of piperazine rings is 1. The highest BCUT2D eigenvalue weighted by Crippen LogP contribution is 2.31. The van der Waals surface area contributed by atoms with Crippen molar-refractivity contribution in [3.05, 3.63) is 107 Å². The van der Waals surface area contributed by atoms with Gasteiger partial charge in [-0.1, -0.05) is 41.4 Å². The number of hydrogen-bond donors (Lipinski definition) is 2. The van der Waals surface area contributed by atoms with Crippen LogP contribution in [0.5, 0.6) is 5.75 Å². The molecule has 0 radical (unpaired) electrons. The van der Waals surface area contributed by atoms with Gasteiger partial charge in [-0.3, -0.25) is 14.7 Å². The van der Waals surface area contributed by atoms with Gasteiger partial charge in [-0.15, -0.1) is 0 Å². The summed E-state index contributed by atoms with van der Waals surface area (Å²) in [7, 11) is -4.02. The van der Waals surface area contributed by atoms with Gasteiger partial charge in [0.05, 0.1) is 14.9 Å². The van der Waals surface area contributed by atoms with Crippen LogP contribution in [-0.2, 0) is 10.0 Å². The van der Waals surface area contributed by atoms with E-state index in [0.717, 1.165) is 39.1 Å². The second-order valence-corrected chi connectivity index (χ2v) is 12.8. The van der Waals surface area contributed by atoms with E-state index >= 15 is 0 Å². The van der Waals surface area contributed by atoms with E-state index in [1.165, 1.54) is 36.0 Å². The summed E-state index contributed by atoms with van der Waals surface area (Å²) in [6.07, 6.45) is 11.6. The van der Waals surface area contributed by atoms with E-state index in [2.05, 4.69) is 24.8 Å². The van der Waals surface area contributed by atoms with Crippen molar-refractivity contribution in [3.63, 3.8) is 0 Å². The Balaban J connectivity index is 1.11. The number of anilines is 1. The molecule has 3 aromatic rings. The summed E-state index contributed by atoms with van der Waals surface area (Å²) in [6.45, 7) is 5.26. The quantitative estimate of drug-likeness (QED) is 0.227. The summed E-state index contributed by atoms with van der Waals surface area (Å²) >= 11 is 12.1. The summed E-state index contributed by atoms with van der Waals surface area (Å²) in [4.78, 5) is 21.6. The monoisotopic (exact) mass is 641 g/mol. The molecule has 1 aromatic heterocycles. The highest BCUT2D eigenvalue weighted by molar-refractivity contribution is 7.89. The van der Waals surface area contributed by atoms with E-state index in [1.807, 2.05) is 30.6 Å². The number of rotatable bonds is 11. The SMILES string of the molecule is O=C(NCCCN1CCN(c2ccncc2)CC1)c1ccc(S(=O)(=O)NC2(Oc3ccc(Cl)c(Cl)c3)C=CC=CC2)cc1. The van der Waals surface area contributed by atoms with Gasteiger partial charge in [0.25, 0.3) is 5.91 Å². The van der Waals surface area contributed by atoms with Crippen LogP contribution >= 0.6 is 23.2 Å². The van der Waals surface area contributed by atoms with E-state index < -0.39 is 15.7 Å². The maximum atomic E-state index is 13.4. The lowest BCUT2D eigenvalue weighted by Crippen LogP contribution is -2.51. The first kappa shape index (κ1) is 31.0. The fraction of sp³-hybridized carbons (Fsp3) is 0.290. The number of amides is 1. The molecule has 1 aliphatic heterocycles. The van der Waals surface area contributed by atoms with Crippen molar-refractivity contribution in [3.8, 4) is 5.75 Å². The first-order chi connectivity index (χ1) is 20.7. The standard InChI is InChI=1S/C31H33Cl2N5O4S/c32-28-10-7-26(23-29(28)33)42-31(13-2-1-3-14-31)36-43(40,41)27-8-5-24(6-9-27)30(39)35-15-4-18-37-19-21-38(22-20-37)25-11-16-34-17-12-25/h1-3,5-13,16-17,23,36H,4,14-15,18-22H2,(H,35,39). The van der Waals surface area contributed by atoms with Crippen LogP contribution in [-0.4, -0.2) is 69.2 Å². The largest absolute Gasteiger partial charge is 0.468 e. The van der Waals surface area contributed by atoms with Gasteiger partial charge in [0.1, 0.15) is 5.75 Å². The third kappa shape index (κ3) is 8.16. The van der Waals surface area contributed by atoms with Crippen LogP contribution in [0.2, 0.25) is 10.0 Å². The van der Waals surface area contributed by atoms with Gasteiger partial charge in [0.15, 0.2) is 5.72 Å². The molecule has 43 heavy (non-hydrogen) atoms. The zero-order valence-electron chi connectivity index (χ0n) is 23.5. The van der Waals surface area contributed by atoms with Gasteiger partial charge in [-0.25, -0.2) is 8.42 Å². The Labute approximate surface area is 262 Å². The number of nitrogens with one attached hydrogen (secondary N) is 2. The maximum absolute atomic E-state index is 13.4. The number of ether oxygens (including phenoxy) is 1. The Hall–Kier alpha value is -3.41. The molecule has 1 saturated heterocycles. The van der Waals surface area contributed by atoms with Gasteiger partial charge in [-0.05, 0) is 67.6 Å². The minimum Gasteiger partial charge on any atom is -0.468 e. The van der Waals surface area contributed by atoms with Crippen molar-refractivity contribution in [2.45, 2.75) is 23.5 Å². The Kier molecular flexibility index (Phi) is 10.0. The van der Waals surface area contributed by atoms with Crippen molar-refractivity contribution >= 4 is 44.8 Å². The molecule has 226 valence electrons. The van der Waals surface area contributed by atoms with Crippen molar-refractivity contribution in [2.75, 3.05) is 44.2 Å². The molecule has 1 atom stereocenters. The molecule has 9 nitrogen and oxygen atoms in total. The predicted molar refractivity (Wildman–Crippen MR) is 169 cm³/mol. The summed E-state index contributed by atoms with van der Waals surface area (Å²) < 4.78 is 35.5. The van der Waals surface area contributed by atoms with Gasteiger partial charge in [0, 0.05) is 68.9 Å². The first-order valence-electron chi connectivity index (χ1n) is 14.0.